The van der Waals surface area contributed by atoms with Gasteiger partial charge in [0.25, 0.3) is 0 Å². The quantitative estimate of drug-likeness (QED) is 0.668. The van der Waals surface area contributed by atoms with Crippen LogP contribution in [0.3, 0.4) is 0 Å². The Bertz CT molecular complexity index is 316. The Morgan fingerprint density at radius 3 is 2.59 bits per heavy atom. The largest absolute Gasteiger partial charge is 0.314 e. The molecule has 1 rings (SSSR count). The van der Waals surface area contributed by atoms with Crippen molar-refractivity contribution in [3.8, 4) is 0 Å². The zero-order chi connectivity index (χ0) is 12.5. The van der Waals surface area contributed by atoms with Gasteiger partial charge in [0.05, 0.1) is 0 Å². The van der Waals surface area contributed by atoms with E-state index in [1.165, 1.54) is 30.4 Å². The minimum Gasteiger partial charge on any atom is -0.314 e. The van der Waals surface area contributed by atoms with E-state index in [0.717, 1.165) is 13.0 Å². The normalized spacial score (nSPS) is 12.4. The third-order valence-electron chi connectivity index (χ3n) is 2.95. The number of nitrogens with one attached hydrogen (secondary N) is 1. The lowest BCUT2D eigenvalue weighted by Gasteiger charge is -2.17. The van der Waals surface area contributed by atoms with E-state index in [-0.39, 0.29) is 0 Å². The Balaban J connectivity index is 2.29. The molecule has 0 saturated heterocycles. The van der Waals surface area contributed by atoms with Gasteiger partial charge in [-0.05, 0) is 44.7 Å². The summed E-state index contributed by atoms with van der Waals surface area (Å²) in [5, 5.41) is 3.54. The minimum atomic E-state index is 0.598. The summed E-state index contributed by atoms with van der Waals surface area (Å²) in [7, 11) is 0. The van der Waals surface area contributed by atoms with Gasteiger partial charge in [0, 0.05) is 6.04 Å². The van der Waals surface area contributed by atoms with Gasteiger partial charge < -0.3 is 5.32 Å². The van der Waals surface area contributed by atoms with E-state index in [1.54, 1.807) is 0 Å². The smallest absolute Gasteiger partial charge is 0.0104 e. The number of hydrogen-bond acceptors (Lipinski definition) is 1. The van der Waals surface area contributed by atoms with Gasteiger partial charge in [-0.3, -0.25) is 0 Å². The highest BCUT2D eigenvalue weighted by molar-refractivity contribution is 5.14. The lowest BCUT2D eigenvalue weighted by Crippen LogP contribution is -2.29. The fraction of sp³-hybridized carbons (Fsp3) is 0.500. The first-order valence-electron chi connectivity index (χ1n) is 6.64. The maximum absolute atomic E-state index is 4.00. The molecule has 1 heteroatoms. The maximum Gasteiger partial charge on any atom is 0.0104 e. The van der Waals surface area contributed by atoms with Gasteiger partial charge in [0.15, 0.2) is 0 Å². The fourth-order valence-electron chi connectivity index (χ4n) is 2.18. The molecule has 1 aromatic carbocycles. The summed E-state index contributed by atoms with van der Waals surface area (Å²) in [5.41, 5.74) is 2.72. The molecule has 17 heavy (non-hydrogen) atoms. The number of hydrogen-bond donors (Lipinski definition) is 1. The van der Waals surface area contributed by atoms with Crippen molar-refractivity contribution < 1.29 is 0 Å². The fourth-order valence-corrected chi connectivity index (χ4v) is 2.18. The van der Waals surface area contributed by atoms with Gasteiger partial charge in [-0.1, -0.05) is 42.8 Å². The second kappa shape index (κ2) is 8.08. The molecule has 0 aliphatic rings. The summed E-state index contributed by atoms with van der Waals surface area (Å²) in [6.45, 7) is 9.33. The average molecular weight is 231 g/mol. The summed E-state index contributed by atoms with van der Waals surface area (Å²) < 4.78 is 0. The lowest BCUT2D eigenvalue weighted by molar-refractivity contribution is 0.475. The average Bonchev–Trinajstić information content (AvgIpc) is 2.30. The zero-order valence-corrected chi connectivity index (χ0v) is 11.2. The van der Waals surface area contributed by atoms with Crippen LogP contribution in [0.15, 0.2) is 42.5 Å². The summed E-state index contributed by atoms with van der Waals surface area (Å²) in [6.07, 6.45) is 4.76. The van der Waals surface area contributed by atoms with E-state index < -0.39 is 0 Å². The molecule has 94 valence electrons. The molecular weight excluding hydrogens is 206 g/mol. The summed E-state index contributed by atoms with van der Waals surface area (Å²) in [5.74, 6) is 0. The Kier molecular flexibility index (Phi) is 6.64. The summed E-state index contributed by atoms with van der Waals surface area (Å²) in [4.78, 5) is 0. The highest BCUT2D eigenvalue weighted by atomic mass is 14.9. The van der Waals surface area contributed by atoms with E-state index in [2.05, 4.69) is 56.1 Å². The Hall–Kier alpha value is -1.08. The van der Waals surface area contributed by atoms with E-state index in [1.807, 2.05) is 0 Å². The Labute approximate surface area is 106 Å². The summed E-state index contributed by atoms with van der Waals surface area (Å²) in [6, 6.07) is 11.3. The van der Waals surface area contributed by atoms with Crippen LogP contribution < -0.4 is 5.32 Å². The second-order valence-electron chi connectivity index (χ2n) is 4.79. The van der Waals surface area contributed by atoms with Crippen LogP contribution in [0.1, 0.15) is 38.7 Å². The molecular formula is C16H25N. The van der Waals surface area contributed by atoms with Crippen molar-refractivity contribution in [2.75, 3.05) is 6.54 Å². The first kappa shape index (κ1) is 14.0. The van der Waals surface area contributed by atoms with Crippen molar-refractivity contribution in [1.29, 1.82) is 0 Å². The predicted octanol–water partition coefficient (Wildman–Crippen LogP) is 3.95. The van der Waals surface area contributed by atoms with Gasteiger partial charge in [-0.2, -0.15) is 0 Å². The zero-order valence-electron chi connectivity index (χ0n) is 11.2. The molecule has 0 amide bonds. The van der Waals surface area contributed by atoms with Crippen molar-refractivity contribution in [1.82, 2.24) is 5.32 Å². The van der Waals surface area contributed by atoms with E-state index >= 15 is 0 Å². The Morgan fingerprint density at radius 2 is 2.00 bits per heavy atom. The molecule has 0 saturated carbocycles. The monoisotopic (exact) mass is 231 g/mol. The third-order valence-corrected chi connectivity index (χ3v) is 2.95. The highest BCUT2D eigenvalue weighted by Gasteiger charge is 2.06. The molecule has 0 aromatic heterocycles. The van der Waals surface area contributed by atoms with Gasteiger partial charge in [0.1, 0.15) is 0 Å². The van der Waals surface area contributed by atoms with Crippen molar-refractivity contribution in [2.45, 2.75) is 45.6 Å². The van der Waals surface area contributed by atoms with Crippen molar-refractivity contribution in [2.24, 2.45) is 0 Å². The predicted molar refractivity (Wildman–Crippen MR) is 76.3 cm³/mol. The standard InChI is InChI=1S/C16H25N/c1-4-17-16(13-14(2)3)12-8-11-15-9-6-5-7-10-15/h5-7,9-10,16-17H,2,4,8,11-13H2,1,3H3. The number of rotatable bonds is 8. The van der Waals surface area contributed by atoms with Crippen LogP contribution in [0.25, 0.3) is 0 Å². The van der Waals surface area contributed by atoms with Gasteiger partial charge >= 0.3 is 0 Å². The molecule has 1 unspecified atom stereocenters. The van der Waals surface area contributed by atoms with E-state index in [0.29, 0.717) is 6.04 Å². The molecule has 0 spiro atoms. The van der Waals surface area contributed by atoms with Crippen LogP contribution in [0.4, 0.5) is 0 Å². The first-order valence-corrected chi connectivity index (χ1v) is 6.64. The number of benzene rings is 1. The van der Waals surface area contributed by atoms with Crippen molar-refractivity contribution in [3.63, 3.8) is 0 Å². The topological polar surface area (TPSA) is 12.0 Å². The molecule has 1 aromatic rings. The maximum atomic E-state index is 4.00. The van der Waals surface area contributed by atoms with Crippen LogP contribution >= 0.6 is 0 Å². The van der Waals surface area contributed by atoms with Crippen LogP contribution in [-0.4, -0.2) is 12.6 Å². The number of aryl methyl sites for hydroxylation is 1. The third kappa shape index (κ3) is 6.28. The van der Waals surface area contributed by atoms with Crippen LogP contribution in [0, 0.1) is 0 Å². The van der Waals surface area contributed by atoms with Crippen LogP contribution in [0.2, 0.25) is 0 Å². The highest BCUT2D eigenvalue weighted by Crippen LogP contribution is 2.11. The molecule has 0 radical (unpaired) electrons. The van der Waals surface area contributed by atoms with Crippen LogP contribution in [-0.2, 0) is 6.42 Å². The minimum absolute atomic E-state index is 0.598. The van der Waals surface area contributed by atoms with Crippen LogP contribution in [0.5, 0.6) is 0 Å². The molecule has 1 atom stereocenters. The molecule has 0 heterocycles. The molecule has 0 bridgehead atoms. The van der Waals surface area contributed by atoms with Gasteiger partial charge in [0.2, 0.25) is 0 Å². The van der Waals surface area contributed by atoms with E-state index in [9.17, 15) is 0 Å². The molecule has 0 aliphatic carbocycles. The molecule has 0 fully saturated rings. The van der Waals surface area contributed by atoms with E-state index in [4.69, 9.17) is 0 Å². The SMILES string of the molecule is C=C(C)CC(CCCc1ccccc1)NCC. The first-order chi connectivity index (χ1) is 8.22. The lowest BCUT2D eigenvalue weighted by atomic mass is 10.0. The molecule has 1 nitrogen and oxygen atoms in total. The Morgan fingerprint density at radius 1 is 1.29 bits per heavy atom. The second-order valence-corrected chi connectivity index (χ2v) is 4.79. The van der Waals surface area contributed by atoms with Gasteiger partial charge in [-0.15, -0.1) is 6.58 Å². The molecule has 0 aliphatic heterocycles. The summed E-state index contributed by atoms with van der Waals surface area (Å²) >= 11 is 0. The van der Waals surface area contributed by atoms with Gasteiger partial charge in [-0.25, -0.2) is 0 Å². The molecule has 1 N–H and O–H groups in total. The van der Waals surface area contributed by atoms with Crippen molar-refractivity contribution in [3.05, 3.63) is 48.0 Å². The van der Waals surface area contributed by atoms with Crippen molar-refractivity contribution >= 4 is 0 Å².